The highest BCUT2D eigenvalue weighted by atomic mass is 19.3. The molecular formula is C41H49F2N11O9. The second-order valence-corrected chi connectivity index (χ2v) is 16.1. The van der Waals surface area contributed by atoms with Crippen molar-refractivity contribution in [2.24, 2.45) is 0 Å². The number of likely N-dealkylation sites (tertiary alicyclic amines) is 1. The minimum Gasteiger partial charge on any atom is -0.384 e. The molecule has 3 aromatic heterocycles. The number of carbonyl (C=O) groups excluding carboxylic acids is 4. The maximum absolute atomic E-state index is 14.2. The first-order chi connectivity index (χ1) is 30.6. The molecule has 2 atom stereocenters. The van der Waals surface area contributed by atoms with Crippen molar-refractivity contribution in [3.05, 3.63) is 65.2 Å². The fourth-order valence-corrected chi connectivity index (χ4v) is 8.63. The topological polar surface area (TPSA) is 219 Å². The van der Waals surface area contributed by atoms with Crippen LogP contribution < -0.4 is 20.9 Å². The molecule has 5 aliphatic rings. The molecule has 4 aromatic rings. The molecule has 5 aliphatic heterocycles. The van der Waals surface area contributed by atoms with Crippen LogP contribution in [0.25, 0.3) is 5.65 Å². The lowest BCUT2D eigenvalue weighted by molar-refractivity contribution is -0.206. The second-order valence-electron chi connectivity index (χ2n) is 16.1. The third kappa shape index (κ3) is 9.09. The number of anilines is 3. The summed E-state index contributed by atoms with van der Waals surface area (Å²) in [5.74, 6) is -1.30. The van der Waals surface area contributed by atoms with Crippen LogP contribution in [0.1, 0.15) is 81.3 Å². The highest BCUT2D eigenvalue weighted by Gasteiger charge is 2.45. The van der Waals surface area contributed by atoms with Crippen LogP contribution in [0.3, 0.4) is 0 Å². The molecule has 336 valence electrons. The Bertz CT molecular complexity index is 2320. The number of nitrogens with zero attached hydrogens (tertiary/aromatic N) is 8. The molecule has 4 amide bonds. The molecule has 0 spiro atoms. The summed E-state index contributed by atoms with van der Waals surface area (Å²) in [5.41, 5.74) is 0.781. The number of morpholine rings is 1. The van der Waals surface area contributed by atoms with Crippen molar-refractivity contribution < 1.29 is 52.0 Å². The minimum absolute atomic E-state index is 0.0742. The Morgan fingerprint density at radius 3 is 2.57 bits per heavy atom. The molecule has 9 rings (SSSR count). The third-order valence-electron chi connectivity index (χ3n) is 12.0. The summed E-state index contributed by atoms with van der Waals surface area (Å²) < 4.78 is 54.8. The van der Waals surface area contributed by atoms with Gasteiger partial charge in [0.25, 0.3) is 24.1 Å². The van der Waals surface area contributed by atoms with E-state index in [2.05, 4.69) is 36.0 Å². The predicted octanol–water partition coefficient (Wildman–Crippen LogP) is 2.04. The van der Waals surface area contributed by atoms with Crippen molar-refractivity contribution in [2.75, 3.05) is 87.8 Å². The Hall–Kier alpha value is -5.65. The first-order valence-electron chi connectivity index (χ1n) is 21.3. The molecule has 22 heteroatoms. The summed E-state index contributed by atoms with van der Waals surface area (Å²) >= 11 is 0. The van der Waals surface area contributed by atoms with Crippen LogP contribution in [0.5, 0.6) is 0 Å². The van der Waals surface area contributed by atoms with Gasteiger partial charge in [-0.3, -0.25) is 33.7 Å². The Morgan fingerprint density at radius 1 is 1.02 bits per heavy atom. The molecule has 0 bridgehead atoms. The summed E-state index contributed by atoms with van der Waals surface area (Å²) in [7, 11) is 0. The molecule has 4 N–H and O–H groups in total. The summed E-state index contributed by atoms with van der Waals surface area (Å²) in [6, 6.07) is 5.51. The van der Waals surface area contributed by atoms with E-state index in [1.54, 1.807) is 30.5 Å². The van der Waals surface area contributed by atoms with Crippen molar-refractivity contribution in [3.63, 3.8) is 0 Å². The number of hydrogen-bond donors (Lipinski definition) is 4. The number of nitrogens with one attached hydrogen (secondary N) is 3. The first kappa shape index (κ1) is 42.6. The quantitative estimate of drug-likeness (QED) is 0.105. The monoisotopic (exact) mass is 877 g/mol. The SMILES string of the molecule is O=C1CCC(N2C(=O)c3cccc(NCCCOC4CCN(C[C@H]5OC[C@H](n6cc(NC(=O)c7cnn8ccc(N9CCOCC9)nc78)c(C(F)F)n6)CO5)CC4)c3C2=O)C(O)N1. The van der Waals surface area contributed by atoms with Gasteiger partial charge in [-0.1, -0.05) is 6.07 Å². The Labute approximate surface area is 359 Å². The van der Waals surface area contributed by atoms with E-state index in [1.165, 1.54) is 21.6 Å². The van der Waals surface area contributed by atoms with E-state index in [9.17, 15) is 33.1 Å². The molecule has 2 unspecified atom stereocenters. The van der Waals surface area contributed by atoms with E-state index < -0.39 is 54.4 Å². The third-order valence-corrected chi connectivity index (χ3v) is 12.0. The number of amides is 4. The minimum atomic E-state index is -2.95. The standard InChI is InChI=1S/C41H49F2N11O9/c42-36(43)35-29(46-38(56)27-19-45-52-13-9-31(47-37(27)52)51-14-17-60-18-15-51)20-53(49-35)24-22-62-33(63-23-24)21-50-11-7-25(8-12-50)61-16-2-10-44-28-4-1-3-26-34(28)41(59)54(40(26)58)30-5-6-32(55)48-39(30)57/h1,3-4,9,13,19-20,24-25,30,33,36,39,44,57H,2,5-8,10-12,14-18,21-23H2,(H,46,56)(H,48,55)/t24-,30?,33-,39?. The van der Waals surface area contributed by atoms with E-state index in [1.807, 2.05) is 4.90 Å². The molecule has 0 aliphatic carbocycles. The number of ether oxygens (including phenoxy) is 4. The van der Waals surface area contributed by atoms with Gasteiger partial charge in [0.15, 0.2) is 17.6 Å². The van der Waals surface area contributed by atoms with E-state index in [-0.39, 0.29) is 60.4 Å². The second kappa shape index (κ2) is 18.6. The van der Waals surface area contributed by atoms with Gasteiger partial charge in [-0.15, -0.1) is 0 Å². The van der Waals surface area contributed by atoms with Crippen LogP contribution in [-0.4, -0.2) is 160 Å². The molecule has 4 saturated heterocycles. The molecule has 0 saturated carbocycles. The van der Waals surface area contributed by atoms with Crippen LogP contribution in [0.15, 0.2) is 42.9 Å². The number of rotatable bonds is 14. The zero-order chi connectivity index (χ0) is 43.6. The normalized spacial score (nSPS) is 23.7. The number of fused-ring (bicyclic) bond motifs is 2. The molecule has 20 nitrogen and oxygen atoms in total. The fraction of sp³-hybridized carbons (Fsp3) is 0.537. The van der Waals surface area contributed by atoms with Crippen molar-refractivity contribution in [3.8, 4) is 0 Å². The van der Waals surface area contributed by atoms with Crippen molar-refractivity contribution in [1.82, 2.24) is 39.5 Å². The van der Waals surface area contributed by atoms with Crippen LogP contribution in [0.4, 0.5) is 26.0 Å². The van der Waals surface area contributed by atoms with Gasteiger partial charge in [-0.2, -0.15) is 10.2 Å². The molecule has 8 heterocycles. The fourth-order valence-electron chi connectivity index (χ4n) is 8.63. The van der Waals surface area contributed by atoms with Crippen LogP contribution >= 0.6 is 0 Å². The zero-order valence-electron chi connectivity index (χ0n) is 34.4. The molecule has 1 aromatic carbocycles. The smallest absolute Gasteiger partial charge is 0.284 e. The lowest BCUT2D eigenvalue weighted by Crippen LogP contribution is -2.57. The number of aliphatic hydroxyl groups is 1. The number of aromatic nitrogens is 5. The summed E-state index contributed by atoms with van der Waals surface area (Å²) in [4.78, 5) is 61.6. The summed E-state index contributed by atoms with van der Waals surface area (Å²) in [5, 5.41) is 27.0. The highest BCUT2D eigenvalue weighted by molar-refractivity contribution is 6.24. The number of halogens is 2. The van der Waals surface area contributed by atoms with Gasteiger partial charge in [-0.05, 0) is 43.9 Å². The van der Waals surface area contributed by atoms with E-state index in [0.717, 1.165) is 30.8 Å². The van der Waals surface area contributed by atoms with Gasteiger partial charge in [0, 0.05) is 70.4 Å². The van der Waals surface area contributed by atoms with Crippen LogP contribution in [-0.2, 0) is 23.7 Å². The average Bonchev–Trinajstić information content (AvgIpc) is 3.99. The lowest BCUT2D eigenvalue weighted by atomic mass is 10.0. The Balaban J connectivity index is 0.701. The molecular weight excluding hydrogens is 829 g/mol. The zero-order valence-corrected chi connectivity index (χ0v) is 34.4. The number of benzene rings is 1. The Morgan fingerprint density at radius 2 is 1.81 bits per heavy atom. The number of aliphatic hydroxyl groups excluding tert-OH is 1. The van der Waals surface area contributed by atoms with Gasteiger partial charge in [-0.25, -0.2) is 18.3 Å². The number of alkyl halides is 2. The Kier molecular flexibility index (Phi) is 12.6. The van der Waals surface area contributed by atoms with Crippen molar-refractivity contribution in [1.29, 1.82) is 0 Å². The van der Waals surface area contributed by atoms with Gasteiger partial charge < -0.3 is 44.9 Å². The summed E-state index contributed by atoms with van der Waals surface area (Å²) in [6.07, 6.45) is 2.31. The number of piperidine rings is 2. The molecule has 4 fully saturated rings. The average molecular weight is 878 g/mol. The van der Waals surface area contributed by atoms with E-state index >= 15 is 0 Å². The number of imide groups is 1. The lowest BCUT2D eigenvalue weighted by Gasteiger charge is -2.36. The van der Waals surface area contributed by atoms with E-state index in [0.29, 0.717) is 69.6 Å². The van der Waals surface area contributed by atoms with Gasteiger partial charge in [0.05, 0.1) is 67.6 Å². The highest BCUT2D eigenvalue weighted by Crippen LogP contribution is 2.34. The van der Waals surface area contributed by atoms with Gasteiger partial charge >= 0.3 is 0 Å². The van der Waals surface area contributed by atoms with Crippen LogP contribution in [0.2, 0.25) is 0 Å². The molecule has 0 radical (unpaired) electrons. The molecule has 63 heavy (non-hydrogen) atoms. The maximum atomic E-state index is 14.2. The number of hydrogen-bond acceptors (Lipinski definition) is 15. The maximum Gasteiger partial charge on any atom is 0.284 e. The van der Waals surface area contributed by atoms with Gasteiger partial charge in [0.1, 0.15) is 17.6 Å². The van der Waals surface area contributed by atoms with Crippen LogP contribution in [0, 0.1) is 0 Å². The van der Waals surface area contributed by atoms with Crippen molar-refractivity contribution >= 4 is 46.5 Å². The van der Waals surface area contributed by atoms with Gasteiger partial charge in [0.2, 0.25) is 5.91 Å². The predicted molar refractivity (Wildman–Crippen MR) is 219 cm³/mol. The van der Waals surface area contributed by atoms with Crippen molar-refractivity contribution in [2.45, 2.75) is 69.2 Å². The first-order valence-corrected chi connectivity index (χ1v) is 21.3. The largest absolute Gasteiger partial charge is 0.384 e. The number of carbonyl (C=O) groups is 4. The summed E-state index contributed by atoms with van der Waals surface area (Å²) in [6.45, 7) is 5.86. The van der Waals surface area contributed by atoms with E-state index in [4.69, 9.17) is 18.9 Å².